The standard InChI is InChI=1S/C10H5F2NO2S/c11-6-3-1-2-5(8(6)12)9-13-7(4-16-9)10(14)15/h1-4H,(H,14,15). The summed E-state index contributed by atoms with van der Waals surface area (Å²) >= 11 is 0.955. The quantitative estimate of drug-likeness (QED) is 0.879. The lowest BCUT2D eigenvalue weighted by molar-refractivity contribution is 0.0691. The minimum Gasteiger partial charge on any atom is -0.476 e. The molecule has 0 aliphatic carbocycles. The SMILES string of the molecule is O=C(O)c1csc(-c2cccc(F)c2F)n1. The molecule has 1 heterocycles. The molecule has 0 aliphatic rings. The summed E-state index contributed by atoms with van der Waals surface area (Å²) in [6.45, 7) is 0. The van der Waals surface area contributed by atoms with Crippen LogP contribution >= 0.6 is 11.3 Å². The Bertz CT molecular complexity index is 554. The predicted molar refractivity (Wildman–Crippen MR) is 54.4 cm³/mol. The number of thiazole rings is 1. The molecule has 2 aromatic rings. The number of nitrogens with zero attached hydrogens (tertiary/aromatic N) is 1. The third-order valence-electron chi connectivity index (χ3n) is 1.91. The summed E-state index contributed by atoms with van der Waals surface area (Å²) in [6.07, 6.45) is 0. The molecular formula is C10H5F2NO2S. The number of carboxylic acid groups (broad SMARTS) is 1. The zero-order chi connectivity index (χ0) is 11.7. The molecule has 16 heavy (non-hydrogen) atoms. The van der Waals surface area contributed by atoms with Gasteiger partial charge in [0.1, 0.15) is 5.01 Å². The summed E-state index contributed by atoms with van der Waals surface area (Å²) in [7, 11) is 0. The van der Waals surface area contributed by atoms with E-state index in [1.54, 1.807) is 0 Å². The maximum atomic E-state index is 13.3. The Hall–Kier alpha value is -1.82. The van der Waals surface area contributed by atoms with Crippen LogP contribution < -0.4 is 0 Å². The number of aromatic carboxylic acids is 1. The van der Waals surface area contributed by atoms with E-state index in [1.807, 2.05) is 0 Å². The molecule has 0 saturated heterocycles. The lowest BCUT2D eigenvalue weighted by Crippen LogP contribution is -1.96. The fourth-order valence-corrected chi connectivity index (χ4v) is 1.98. The Morgan fingerprint density at radius 1 is 1.38 bits per heavy atom. The average Bonchev–Trinajstić information content (AvgIpc) is 2.71. The van der Waals surface area contributed by atoms with Crippen LogP contribution in [0.15, 0.2) is 23.6 Å². The molecule has 0 saturated carbocycles. The molecule has 0 unspecified atom stereocenters. The van der Waals surface area contributed by atoms with Gasteiger partial charge in [0.25, 0.3) is 0 Å². The molecule has 0 spiro atoms. The van der Waals surface area contributed by atoms with Crippen molar-refractivity contribution in [2.75, 3.05) is 0 Å². The van der Waals surface area contributed by atoms with Gasteiger partial charge in [-0.25, -0.2) is 18.6 Å². The fourth-order valence-electron chi connectivity index (χ4n) is 1.16. The summed E-state index contributed by atoms with van der Waals surface area (Å²) < 4.78 is 26.3. The van der Waals surface area contributed by atoms with Crippen LogP contribution in [0.4, 0.5) is 8.78 Å². The van der Waals surface area contributed by atoms with Crippen LogP contribution in [0.3, 0.4) is 0 Å². The summed E-state index contributed by atoms with van der Waals surface area (Å²) in [6, 6.07) is 3.68. The van der Waals surface area contributed by atoms with E-state index < -0.39 is 17.6 Å². The smallest absolute Gasteiger partial charge is 0.355 e. The van der Waals surface area contributed by atoms with Crippen LogP contribution in [-0.4, -0.2) is 16.1 Å². The molecule has 1 N–H and O–H groups in total. The van der Waals surface area contributed by atoms with Crippen molar-refractivity contribution in [3.05, 3.63) is 40.9 Å². The lowest BCUT2D eigenvalue weighted by atomic mass is 10.2. The van der Waals surface area contributed by atoms with Crippen LogP contribution in [0.1, 0.15) is 10.5 Å². The number of hydrogen-bond acceptors (Lipinski definition) is 3. The predicted octanol–water partition coefficient (Wildman–Crippen LogP) is 2.79. The zero-order valence-electron chi connectivity index (χ0n) is 7.78. The van der Waals surface area contributed by atoms with E-state index in [0.29, 0.717) is 0 Å². The molecule has 6 heteroatoms. The third kappa shape index (κ3) is 1.79. The van der Waals surface area contributed by atoms with Gasteiger partial charge in [-0.1, -0.05) is 6.07 Å². The molecular weight excluding hydrogens is 236 g/mol. The van der Waals surface area contributed by atoms with Crippen molar-refractivity contribution < 1.29 is 18.7 Å². The Morgan fingerprint density at radius 2 is 2.12 bits per heavy atom. The Balaban J connectivity index is 2.50. The first-order valence-corrected chi connectivity index (χ1v) is 5.11. The second-order valence-corrected chi connectivity index (χ2v) is 3.80. The van der Waals surface area contributed by atoms with E-state index >= 15 is 0 Å². The van der Waals surface area contributed by atoms with Crippen LogP contribution in [0.5, 0.6) is 0 Å². The zero-order valence-corrected chi connectivity index (χ0v) is 8.59. The second-order valence-electron chi connectivity index (χ2n) is 2.94. The summed E-state index contributed by atoms with van der Waals surface area (Å²) in [5, 5.41) is 10.1. The summed E-state index contributed by atoms with van der Waals surface area (Å²) in [5.74, 6) is -3.20. The topological polar surface area (TPSA) is 50.2 Å². The van der Waals surface area contributed by atoms with E-state index in [-0.39, 0.29) is 16.3 Å². The molecule has 0 amide bonds. The molecule has 0 aliphatic heterocycles. The number of carbonyl (C=O) groups is 1. The summed E-state index contributed by atoms with van der Waals surface area (Å²) in [4.78, 5) is 14.3. The molecule has 0 atom stereocenters. The first-order valence-electron chi connectivity index (χ1n) is 4.23. The van der Waals surface area contributed by atoms with Crippen molar-refractivity contribution in [2.24, 2.45) is 0 Å². The van der Waals surface area contributed by atoms with Crippen LogP contribution in [-0.2, 0) is 0 Å². The number of carboxylic acids is 1. The van der Waals surface area contributed by atoms with Gasteiger partial charge >= 0.3 is 5.97 Å². The Labute approximate surface area is 93.0 Å². The first kappa shape index (κ1) is 10.7. The van der Waals surface area contributed by atoms with Crippen LogP contribution in [0.2, 0.25) is 0 Å². The highest BCUT2D eigenvalue weighted by Crippen LogP contribution is 2.27. The highest BCUT2D eigenvalue weighted by molar-refractivity contribution is 7.13. The van der Waals surface area contributed by atoms with Crippen molar-refractivity contribution in [3.63, 3.8) is 0 Å². The van der Waals surface area contributed by atoms with Gasteiger partial charge in [-0.05, 0) is 12.1 Å². The van der Waals surface area contributed by atoms with Crippen molar-refractivity contribution in [1.29, 1.82) is 0 Å². The van der Waals surface area contributed by atoms with Gasteiger partial charge in [0.2, 0.25) is 0 Å². The van der Waals surface area contributed by atoms with Gasteiger partial charge in [0.05, 0.1) is 0 Å². The third-order valence-corrected chi connectivity index (χ3v) is 2.78. The minimum atomic E-state index is -1.20. The average molecular weight is 241 g/mol. The maximum Gasteiger partial charge on any atom is 0.355 e. The molecule has 2 rings (SSSR count). The van der Waals surface area contributed by atoms with Crippen molar-refractivity contribution in [2.45, 2.75) is 0 Å². The van der Waals surface area contributed by atoms with Gasteiger partial charge < -0.3 is 5.11 Å². The molecule has 3 nitrogen and oxygen atoms in total. The second kappa shape index (κ2) is 3.97. The maximum absolute atomic E-state index is 13.3. The first-order chi connectivity index (χ1) is 7.59. The van der Waals surface area contributed by atoms with Gasteiger partial charge in [-0.2, -0.15) is 0 Å². The minimum absolute atomic E-state index is 0.0301. The van der Waals surface area contributed by atoms with E-state index in [0.717, 1.165) is 17.4 Å². The molecule has 0 fully saturated rings. The number of hydrogen-bond donors (Lipinski definition) is 1. The van der Waals surface area contributed by atoms with E-state index in [2.05, 4.69) is 4.98 Å². The molecule has 82 valence electrons. The van der Waals surface area contributed by atoms with Gasteiger partial charge in [-0.3, -0.25) is 0 Å². The highest BCUT2D eigenvalue weighted by Gasteiger charge is 2.15. The van der Waals surface area contributed by atoms with Crippen LogP contribution in [0, 0.1) is 11.6 Å². The fraction of sp³-hybridized carbons (Fsp3) is 0. The van der Waals surface area contributed by atoms with Crippen LogP contribution in [0.25, 0.3) is 10.6 Å². The van der Waals surface area contributed by atoms with Gasteiger partial charge in [0.15, 0.2) is 17.3 Å². The van der Waals surface area contributed by atoms with Crippen molar-refractivity contribution in [3.8, 4) is 10.6 Å². The number of rotatable bonds is 2. The molecule has 1 aromatic heterocycles. The Morgan fingerprint density at radius 3 is 2.75 bits per heavy atom. The Kier molecular flexibility index (Phi) is 2.66. The van der Waals surface area contributed by atoms with Crippen molar-refractivity contribution in [1.82, 2.24) is 4.98 Å². The number of benzene rings is 1. The molecule has 0 radical (unpaired) electrons. The normalized spacial score (nSPS) is 10.4. The largest absolute Gasteiger partial charge is 0.476 e. The number of halogens is 2. The van der Waals surface area contributed by atoms with Crippen molar-refractivity contribution >= 4 is 17.3 Å². The number of aromatic nitrogens is 1. The molecule has 0 bridgehead atoms. The van der Waals surface area contributed by atoms with Gasteiger partial charge in [0, 0.05) is 10.9 Å². The monoisotopic (exact) mass is 241 g/mol. The lowest BCUT2D eigenvalue weighted by Gasteiger charge is -1.98. The van der Waals surface area contributed by atoms with E-state index in [9.17, 15) is 13.6 Å². The summed E-state index contributed by atoms with van der Waals surface area (Å²) in [5.41, 5.74) is -0.207. The molecule has 1 aromatic carbocycles. The van der Waals surface area contributed by atoms with E-state index in [1.165, 1.54) is 17.5 Å². The van der Waals surface area contributed by atoms with Gasteiger partial charge in [-0.15, -0.1) is 11.3 Å². The van der Waals surface area contributed by atoms with E-state index in [4.69, 9.17) is 5.11 Å². The highest BCUT2D eigenvalue weighted by atomic mass is 32.1.